The van der Waals surface area contributed by atoms with Gasteiger partial charge in [0.2, 0.25) is 0 Å². The fourth-order valence-electron chi connectivity index (χ4n) is 3.41. The molecule has 2 aromatic rings. The van der Waals surface area contributed by atoms with Crippen LogP contribution in [0.3, 0.4) is 0 Å². The number of benzene rings is 1. The topological polar surface area (TPSA) is 15.3 Å². The van der Waals surface area contributed by atoms with Gasteiger partial charge >= 0.3 is 0 Å². The van der Waals surface area contributed by atoms with Gasteiger partial charge in [-0.25, -0.2) is 0 Å². The molecule has 1 aliphatic carbocycles. The lowest BCUT2D eigenvalue weighted by atomic mass is 10.0. The average molecular weight is 312 g/mol. The van der Waals surface area contributed by atoms with Crippen LogP contribution < -0.4 is 5.32 Å². The molecule has 1 N–H and O–H groups in total. The van der Waals surface area contributed by atoms with E-state index in [1.54, 1.807) is 0 Å². The molecular weight excluding hydrogens is 288 g/mol. The van der Waals surface area contributed by atoms with E-state index in [4.69, 9.17) is 0 Å². The molecule has 4 rings (SSSR count). The summed E-state index contributed by atoms with van der Waals surface area (Å²) < 4.78 is 0. The molecule has 1 saturated carbocycles. The Labute approximate surface area is 137 Å². The lowest BCUT2D eigenvalue weighted by molar-refractivity contribution is 0.189. The smallest absolute Gasteiger partial charge is 0.0302 e. The maximum Gasteiger partial charge on any atom is 0.0302 e. The highest BCUT2D eigenvalue weighted by molar-refractivity contribution is 7.10. The second-order valence-electron chi connectivity index (χ2n) is 6.59. The van der Waals surface area contributed by atoms with Crippen LogP contribution in [-0.2, 0) is 6.54 Å². The molecule has 2 fully saturated rings. The summed E-state index contributed by atoms with van der Waals surface area (Å²) in [5, 5.41) is 6.05. The molecule has 2 heterocycles. The van der Waals surface area contributed by atoms with Gasteiger partial charge in [0.15, 0.2) is 0 Å². The number of nitrogens with one attached hydrogen (secondary N) is 1. The second-order valence-corrected chi connectivity index (χ2v) is 7.59. The van der Waals surface area contributed by atoms with Crippen molar-refractivity contribution in [3.63, 3.8) is 0 Å². The SMILES string of the molecule is c1ccc(-c2csc(CNC3CCN(C4CC4)CC3)c2)cc1. The van der Waals surface area contributed by atoms with Crippen LogP contribution in [0.1, 0.15) is 30.6 Å². The third-order valence-electron chi connectivity index (χ3n) is 4.92. The Morgan fingerprint density at radius 1 is 1.00 bits per heavy atom. The quantitative estimate of drug-likeness (QED) is 0.893. The highest BCUT2D eigenvalue weighted by Crippen LogP contribution is 2.29. The van der Waals surface area contributed by atoms with Crippen molar-refractivity contribution in [1.29, 1.82) is 0 Å². The number of thiophene rings is 1. The molecule has 1 aromatic carbocycles. The van der Waals surface area contributed by atoms with Gasteiger partial charge in [-0.2, -0.15) is 0 Å². The van der Waals surface area contributed by atoms with Gasteiger partial charge in [0, 0.05) is 23.5 Å². The van der Waals surface area contributed by atoms with Gasteiger partial charge in [0.1, 0.15) is 0 Å². The van der Waals surface area contributed by atoms with Gasteiger partial charge in [0.05, 0.1) is 0 Å². The predicted molar refractivity (Wildman–Crippen MR) is 94.2 cm³/mol. The number of rotatable bonds is 5. The molecule has 0 atom stereocenters. The van der Waals surface area contributed by atoms with Gasteiger partial charge in [-0.15, -0.1) is 11.3 Å². The maximum atomic E-state index is 3.77. The fraction of sp³-hybridized carbons (Fsp3) is 0.474. The molecule has 0 spiro atoms. The first-order valence-corrected chi connectivity index (χ1v) is 9.37. The first-order valence-electron chi connectivity index (χ1n) is 8.49. The minimum absolute atomic E-state index is 0.706. The van der Waals surface area contributed by atoms with E-state index >= 15 is 0 Å². The molecule has 0 bridgehead atoms. The van der Waals surface area contributed by atoms with Crippen LogP contribution in [0.4, 0.5) is 0 Å². The molecule has 0 amide bonds. The highest BCUT2D eigenvalue weighted by Gasteiger charge is 2.31. The Morgan fingerprint density at radius 2 is 1.77 bits per heavy atom. The van der Waals surface area contributed by atoms with E-state index < -0.39 is 0 Å². The van der Waals surface area contributed by atoms with Crippen LogP contribution in [0, 0.1) is 0 Å². The number of nitrogens with zero attached hydrogens (tertiary/aromatic N) is 1. The third kappa shape index (κ3) is 3.43. The molecule has 1 aliphatic heterocycles. The highest BCUT2D eigenvalue weighted by atomic mass is 32.1. The lowest BCUT2D eigenvalue weighted by Crippen LogP contribution is -2.42. The summed E-state index contributed by atoms with van der Waals surface area (Å²) in [5.74, 6) is 0. The van der Waals surface area contributed by atoms with Crippen LogP contribution in [0.15, 0.2) is 41.8 Å². The van der Waals surface area contributed by atoms with Crippen molar-refractivity contribution >= 4 is 11.3 Å². The van der Waals surface area contributed by atoms with Gasteiger partial charge in [-0.05, 0) is 61.3 Å². The summed E-state index contributed by atoms with van der Waals surface area (Å²) in [6, 6.07) is 14.7. The first kappa shape index (κ1) is 14.4. The minimum Gasteiger partial charge on any atom is -0.309 e. The Morgan fingerprint density at radius 3 is 2.50 bits per heavy atom. The number of likely N-dealkylation sites (tertiary alicyclic amines) is 1. The van der Waals surface area contributed by atoms with Crippen molar-refractivity contribution in [3.8, 4) is 11.1 Å². The molecular formula is C19H24N2S. The molecule has 3 heteroatoms. The Bertz CT molecular complexity index is 595. The summed E-state index contributed by atoms with van der Waals surface area (Å²) in [6.45, 7) is 3.61. The average Bonchev–Trinajstić information content (AvgIpc) is 3.32. The van der Waals surface area contributed by atoms with E-state index in [2.05, 4.69) is 52.0 Å². The monoisotopic (exact) mass is 312 g/mol. The molecule has 0 radical (unpaired) electrons. The van der Waals surface area contributed by atoms with Crippen LogP contribution >= 0.6 is 11.3 Å². The Balaban J connectivity index is 1.28. The summed E-state index contributed by atoms with van der Waals surface area (Å²) in [6.07, 6.45) is 5.51. The Kier molecular flexibility index (Phi) is 4.28. The van der Waals surface area contributed by atoms with Crippen molar-refractivity contribution in [2.75, 3.05) is 13.1 Å². The molecule has 2 aliphatic rings. The van der Waals surface area contributed by atoms with E-state index in [-0.39, 0.29) is 0 Å². The zero-order chi connectivity index (χ0) is 14.8. The third-order valence-corrected chi connectivity index (χ3v) is 5.86. The van der Waals surface area contributed by atoms with Crippen LogP contribution in [-0.4, -0.2) is 30.1 Å². The van der Waals surface area contributed by atoms with Gasteiger partial charge in [-0.1, -0.05) is 30.3 Å². The van der Waals surface area contributed by atoms with Crippen molar-refractivity contribution in [2.24, 2.45) is 0 Å². The lowest BCUT2D eigenvalue weighted by Gasteiger charge is -2.32. The second kappa shape index (κ2) is 6.53. The largest absolute Gasteiger partial charge is 0.309 e. The number of hydrogen-bond donors (Lipinski definition) is 1. The number of piperidine rings is 1. The summed E-state index contributed by atoms with van der Waals surface area (Å²) in [4.78, 5) is 4.14. The van der Waals surface area contributed by atoms with Crippen molar-refractivity contribution in [2.45, 2.75) is 44.3 Å². The molecule has 22 heavy (non-hydrogen) atoms. The van der Waals surface area contributed by atoms with Gasteiger partial charge in [-0.3, -0.25) is 0 Å². The molecule has 1 saturated heterocycles. The van der Waals surface area contributed by atoms with E-state index in [0.29, 0.717) is 6.04 Å². The standard InChI is InChI=1S/C19H24N2S/c1-2-4-15(5-3-1)16-12-19(22-14-16)13-20-17-8-10-21(11-9-17)18-6-7-18/h1-5,12,14,17-18,20H,6-11,13H2. The first-order chi connectivity index (χ1) is 10.9. The van der Waals surface area contributed by atoms with E-state index in [1.165, 1.54) is 54.8 Å². The van der Waals surface area contributed by atoms with Crippen molar-refractivity contribution < 1.29 is 0 Å². The number of hydrogen-bond acceptors (Lipinski definition) is 3. The van der Waals surface area contributed by atoms with E-state index in [9.17, 15) is 0 Å². The zero-order valence-corrected chi connectivity index (χ0v) is 13.8. The van der Waals surface area contributed by atoms with Gasteiger partial charge < -0.3 is 10.2 Å². The zero-order valence-electron chi connectivity index (χ0n) is 13.0. The Hall–Kier alpha value is -1.16. The normalized spacial score (nSPS) is 20.4. The summed E-state index contributed by atoms with van der Waals surface area (Å²) in [5.41, 5.74) is 2.67. The van der Waals surface area contributed by atoms with Crippen LogP contribution in [0.5, 0.6) is 0 Å². The fourth-order valence-corrected chi connectivity index (χ4v) is 4.25. The maximum absolute atomic E-state index is 3.77. The summed E-state index contributed by atoms with van der Waals surface area (Å²) in [7, 11) is 0. The molecule has 1 aromatic heterocycles. The minimum atomic E-state index is 0.706. The van der Waals surface area contributed by atoms with E-state index in [0.717, 1.165) is 12.6 Å². The molecule has 2 nitrogen and oxygen atoms in total. The van der Waals surface area contributed by atoms with Crippen LogP contribution in [0.2, 0.25) is 0 Å². The molecule has 116 valence electrons. The predicted octanol–water partition coefficient (Wildman–Crippen LogP) is 4.13. The summed E-state index contributed by atoms with van der Waals surface area (Å²) >= 11 is 1.88. The molecule has 0 unspecified atom stereocenters. The van der Waals surface area contributed by atoms with Crippen molar-refractivity contribution in [3.05, 3.63) is 46.7 Å². The van der Waals surface area contributed by atoms with Crippen LogP contribution in [0.25, 0.3) is 11.1 Å². The van der Waals surface area contributed by atoms with E-state index in [1.807, 2.05) is 11.3 Å². The van der Waals surface area contributed by atoms with Crippen molar-refractivity contribution in [1.82, 2.24) is 10.2 Å². The van der Waals surface area contributed by atoms with Gasteiger partial charge in [0.25, 0.3) is 0 Å².